The number of imidazole rings is 1. The van der Waals surface area contributed by atoms with Crippen molar-refractivity contribution in [1.29, 1.82) is 0 Å². The summed E-state index contributed by atoms with van der Waals surface area (Å²) in [5.74, 6) is 1.22. The lowest BCUT2D eigenvalue weighted by Gasteiger charge is -2.14. The van der Waals surface area contributed by atoms with Gasteiger partial charge in [0.2, 0.25) is 11.9 Å². The van der Waals surface area contributed by atoms with E-state index < -0.39 is 0 Å². The highest BCUT2D eigenvalue weighted by Gasteiger charge is 2.19. The summed E-state index contributed by atoms with van der Waals surface area (Å²) >= 11 is 1.56. The summed E-state index contributed by atoms with van der Waals surface area (Å²) in [4.78, 5) is 30.5. The first-order chi connectivity index (χ1) is 22.7. The molecule has 0 aliphatic carbocycles. The van der Waals surface area contributed by atoms with Crippen LogP contribution in [0.5, 0.6) is 5.75 Å². The van der Waals surface area contributed by atoms with E-state index in [2.05, 4.69) is 20.5 Å². The number of nitrogens with zero attached hydrogens (tertiary/aromatic N) is 5. The molecule has 7 rings (SSSR count). The number of carbonyl (C=O) groups excluding carboxylic acids is 1. The Labute approximate surface area is 271 Å². The summed E-state index contributed by atoms with van der Waals surface area (Å²) in [5, 5.41) is 8.39. The number of ether oxygens (including phenoxy) is 1. The third kappa shape index (κ3) is 7.09. The first-order valence-electron chi connectivity index (χ1n) is 15.6. The lowest BCUT2D eigenvalue weighted by Crippen LogP contribution is -2.21. The van der Waals surface area contributed by atoms with Crippen LogP contribution in [0.15, 0.2) is 103 Å². The minimum absolute atomic E-state index is 0.0718. The molecule has 1 aliphatic rings. The Bertz CT molecular complexity index is 1930. The van der Waals surface area contributed by atoms with Crippen LogP contribution in [0.1, 0.15) is 24.8 Å². The molecular formula is C36H35N7O2S. The number of fused-ring (bicyclic) bond motifs is 1. The van der Waals surface area contributed by atoms with E-state index in [0.29, 0.717) is 24.7 Å². The smallest absolute Gasteiger partial charge is 0.228 e. The summed E-state index contributed by atoms with van der Waals surface area (Å²) < 4.78 is 8.09. The second kappa shape index (κ2) is 13.9. The monoisotopic (exact) mass is 629 g/mol. The van der Waals surface area contributed by atoms with Gasteiger partial charge in [-0.3, -0.25) is 9.20 Å². The molecule has 3 aromatic carbocycles. The standard InChI is InChI=1S/C36H35N7O2S/c44-32(23-26-9-2-1-3-10-26)38-28-12-6-11-27(24-28)33-34(43-20-22-46-36(43)41-33)31-15-16-37-35(40-31)39-29-13-7-14-30(25-29)45-21-8-19-42-17-4-5-18-42/h1-3,6-7,9-16,20,22,24-25H,4-5,8,17-19,21,23H2,(H,38,44)(H,37,39,40). The Balaban J connectivity index is 1.08. The fourth-order valence-electron chi connectivity index (χ4n) is 5.79. The first-order valence-corrected chi connectivity index (χ1v) is 16.5. The largest absolute Gasteiger partial charge is 0.493 e. The van der Waals surface area contributed by atoms with Crippen molar-refractivity contribution >= 4 is 39.5 Å². The summed E-state index contributed by atoms with van der Waals surface area (Å²) in [6, 6.07) is 27.3. The number of carbonyl (C=O) groups is 1. The van der Waals surface area contributed by atoms with Gasteiger partial charge in [0.05, 0.1) is 24.4 Å². The molecule has 9 nitrogen and oxygen atoms in total. The van der Waals surface area contributed by atoms with Gasteiger partial charge in [-0.05, 0) is 68.2 Å². The van der Waals surface area contributed by atoms with Crippen LogP contribution in [0.2, 0.25) is 0 Å². The number of benzene rings is 3. The highest BCUT2D eigenvalue weighted by molar-refractivity contribution is 7.15. The van der Waals surface area contributed by atoms with E-state index in [0.717, 1.165) is 57.6 Å². The van der Waals surface area contributed by atoms with E-state index in [1.165, 1.54) is 25.9 Å². The Morgan fingerprint density at radius 2 is 1.76 bits per heavy atom. The topological polar surface area (TPSA) is 96.7 Å². The zero-order valence-electron chi connectivity index (χ0n) is 25.4. The molecule has 46 heavy (non-hydrogen) atoms. The molecule has 0 spiro atoms. The van der Waals surface area contributed by atoms with Gasteiger partial charge in [-0.25, -0.2) is 15.0 Å². The number of thiazole rings is 1. The number of anilines is 3. The molecule has 4 heterocycles. The Morgan fingerprint density at radius 1 is 0.913 bits per heavy atom. The van der Waals surface area contributed by atoms with Gasteiger partial charge in [-0.2, -0.15) is 0 Å². The number of hydrogen-bond donors (Lipinski definition) is 2. The van der Waals surface area contributed by atoms with Crippen molar-refractivity contribution in [3.8, 4) is 28.4 Å². The molecule has 1 aliphatic heterocycles. The van der Waals surface area contributed by atoms with Crippen molar-refractivity contribution in [2.45, 2.75) is 25.7 Å². The minimum atomic E-state index is -0.0718. The molecule has 0 saturated carbocycles. The highest BCUT2D eigenvalue weighted by Crippen LogP contribution is 2.35. The minimum Gasteiger partial charge on any atom is -0.493 e. The Kier molecular flexibility index (Phi) is 8.97. The van der Waals surface area contributed by atoms with Crippen LogP contribution >= 0.6 is 11.3 Å². The SMILES string of the molecule is O=C(Cc1ccccc1)Nc1cccc(-c2nc3sccn3c2-c2ccnc(Nc3cccc(OCCCN4CCCC4)c3)n2)c1. The van der Waals surface area contributed by atoms with Crippen LogP contribution in [0.3, 0.4) is 0 Å². The first kappa shape index (κ1) is 29.6. The van der Waals surface area contributed by atoms with Crippen molar-refractivity contribution < 1.29 is 9.53 Å². The molecule has 10 heteroatoms. The van der Waals surface area contributed by atoms with Crippen molar-refractivity contribution in [3.05, 3.63) is 108 Å². The predicted molar refractivity (Wildman–Crippen MR) is 184 cm³/mol. The fraction of sp³-hybridized carbons (Fsp3) is 0.222. The van der Waals surface area contributed by atoms with Crippen LogP contribution in [0.25, 0.3) is 27.6 Å². The molecule has 0 atom stereocenters. The average Bonchev–Trinajstić information content (AvgIpc) is 3.83. The van der Waals surface area contributed by atoms with Gasteiger partial charge < -0.3 is 20.3 Å². The number of aromatic nitrogens is 4. The van der Waals surface area contributed by atoms with Crippen LogP contribution < -0.4 is 15.4 Å². The van der Waals surface area contributed by atoms with Gasteiger partial charge in [0.15, 0.2) is 4.96 Å². The third-order valence-corrected chi connectivity index (χ3v) is 8.72. The molecule has 0 bridgehead atoms. The quantitative estimate of drug-likeness (QED) is 0.137. The maximum Gasteiger partial charge on any atom is 0.228 e. The summed E-state index contributed by atoms with van der Waals surface area (Å²) in [5.41, 5.74) is 5.77. The summed E-state index contributed by atoms with van der Waals surface area (Å²) in [6.07, 6.45) is 7.68. The van der Waals surface area contributed by atoms with Gasteiger partial charge >= 0.3 is 0 Å². The number of nitrogens with one attached hydrogen (secondary N) is 2. The van der Waals surface area contributed by atoms with Gasteiger partial charge in [0.1, 0.15) is 11.4 Å². The van der Waals surface area contributed by atoms with Crippen LogP contribution in [-0.4, -0.2) is 56.4 Å². The molecule has 0 radical (unpaired) electrons. The molecule has 232 valence electrons. The zero-order chi connectivity index (χ0) is 31.1. The Morgan fingerprint density at radius 3 is 2.65 bits per heavy atom. The van der Waals surface area contributed by atoms with Crippen molar-refractivity contribution in [2.75, 3.05) is 36.9 Å². The molecule has 1 saturated heterocycles. The van der Waals surface area contributed by atoms with E-state index in [-0.39, 0.29) is 5.91 Å². The van der Waals surface area contributed by atoms with E-state index >= 15 is 0 Å². The van der Waals surface area contributed by atoms with Crippen molar-refractivity contribution in [1.82, 2.24) is 24.3 Å². The van der Waals surface area contributed by atoms with Crippen LogP contribution in [0.4, 0.5) is 17.3 Å². The van der Waals surface area contributed by atoms with Gasteiger partial charge in [-0.1, -0.05) is 48.5 Å². The van der Waals surface area contributed by atoms with Crippen LogP contribution in [0, 0.1) is 0 Å². The van der Waals surface area contributed by atoms with Gasteiger partial charge in [0.25, 0.3) is 0 Å². The fourth-order valence-corrected chi connectivity index (χ4v) is 6.50. The molecule has 0 unspecified atom stereocenters. The van der Waals surface area contributed by atoms with E-state index in [9.17, 15) is 4.79 Å². The van der Waals surface area contributed by atoms with E-state index in [1.54, 1.807) is 17.5 Å². The second-order valence-electron chi connectivity index (χ2n) is 11.3. The van der Waals surface area contributed by atoms with E-state index in [1.807, 2.05) is 101 Å². The number of hydrogen-bond acceptors (Lipinski definition) is 8. The predicted octanol–water partition coefficient (Wildman–Crippen LogP) is 7.31. The maximum absolute atomic E-state index is 12.8. The van der Waals surface area contributed by atoms with Gasteiger partial charge in [0, 0.05) is 47.3 Å². The van der Waals surface area contributed by atoms with E-state index in [4.69, 9.17) is 14.7 Å². The lowest BCUT2D eigenvalue weighted by molar-refractivity contribution is -0.115. The summed E-state index contributed by atoms with van der Waals surface area (Å²) in [6.45, 7) is 4.18. The molecular weight excluding hydrogens is 595 g/mol. The zero-order valence-corrected chi connectivity index (χ0v) is 26.2. The molecule has 1 fully saturated rings. The van der Waals surface area contributed by atoms with Crippen LogP contribution in [-0.2, 0) is 11.2 Å². The molecule has 1 amide bonds. The van der Waals surface area contributed by atoms with Crippen molar-refractivity contribution in [2.24, 2.45) is 0 Å². The second-order valence-corrected chi connectivity index (χ2v) is 12.2. The van der Waals surface area contributed by atoms with Crippen molar-refractivity contribution in [3.63, 3.8) is 0 Å². The normalized spacial score (nSPS) is 13.2. The lowest BCUT2D eigenvalue weighted by atomic mass is 10.1. The molecule has 6 aromatic rings. The number of likely N-dealkylation sites (tertiary alicyclic amines) is 1. The highest BCUT2D eigenvalue weighted by atomic mass is 32.1. The summed E-state index contributed by atoms with van der Waals surface area (Å²) in [7, 11) is 0. The third-order valence-electron chi connectivity index (χ3n) is 7.96. The Hall–Kier alpha value is -5.06. The molecule has 2 N–H and O–H groups in total. The number of amides is 1. The average molecular weight is 630 g/mol. The molecule has 3 aromatic heterocycles. The number of rotatable bonds is 12. The maximum atomic E-state index is 12.8. The van der Waals surface area contributed by atoms with Gasteiger partial charge in [-0.15, -0.1) is 11.3 Å².